The number of hydrogen-bond donors (Lipinski definition) is 2. The summed E-state index contributed by atoms with van der Waals surface area (Å²) in [5.74, 6) is 0.900. The van der Waals surface area contributed by atoms with Gasteiger partial charge in [0.15, 0.2) is 5.76 Å². The summed E-state index contributed by atoms with van der Waals surface area (Å²) in [4.78, 5) is 15.8. The maximum Gasteiger partial charge on any atom is 0.292 e. The van der Waals surface area contributed by atoms with Crippen molar-refractivity contribution >= 4 is 27.7 Å². The molecular formula is C11H10BrN3O2. The molecular weight excluding hydrogens is 286 g/mol. The van der Waals surface area contributed by atoms with E-state index < -0.39 is 0 Å². The minimum absolute atomic E-state index is 0.218. The van der Waals surface area contributed by atoms with Gasteiger partial charge in [-0.1, -0.05) is 0 Å². The molecule has 6 heteroatoms. The molecule has 5 nitrogen and oxygen atoms in total. The summed E-state index contributed by atoms with van der Waals surface area (Å²) >= 11 is 3.26. The van der Waals surface area contributed by atoms with Gasteiger partial charge < -0.3 is 15.5 Å². The fourth-order valence-electron chi connectivity index (χ4n) is 1.24. The molecule has 0 fully saturated rings. The molecule has 0 aromatic carbocycles. The first kappa shape index (κ1) is 11.8. The monoisotopic (exact) mass is 295 g/mol. The van der Waals surface area contributed by atoms with E-state index in [9.17, 15) is 4.79 Å². The van der Waals surface area contributed by atoms with Gasteiger partial charge in [0.1, 0.15) is 11.6 Å². The smallest absolute Gasteiger partial charge is 0.292 e. The Hall–Kier alpha value is -1.66. The van der Waals surface area contributed by atoms with Gasteiger partial charge in [0, 0.05) is 10.7 Å². The first-order valence-corrected chi connectivity index (χ1v) is 5.70. The van der Waals surface area contributed by atoms with E-state index >= 15 is 0 Å². The second-order valence-corrected chi connectivity index (χ2v) is 4.20. The molecule has 0 radical (unpaired) electrons. The van der Waals surface area contributed by atoms with Crippen molar-refractivity contribution in [2.45, 2.75) is 6.54 Å². The molecule has 0 aliphatic heterocycles. The van der Waals surface area contributed by atoms with E-state index in [0.717, 1.165) is 4.47 Å². The molecule has 0 aliphatic rings. The van der Waals surface area contributed by atoms with Gasteiger partial charge in [0.05, 0.1) is 6.54 Å². The first-order valence-electron chi connectivity index (χ1n) is 4.91. The van der Waals surface area contributed by atoms with E-state index in [1.165, 1.54) is 0 Å². The van der Waals surface area contributed by atoms with E-state index in [0.29, 0.717) is 11.6 Å². The second-order valence-electron chi connectivity index (χ2n) is 3.29. The molecule has 2 aromatic heterocycles. The van der Waals surface area contributed by atoms with Crippen LogP contribution in [0.3, 0.4) is 0 Å². The second kappa shape index (κ2) is 5.11. The third-order valence-electron chi connectivity index (χ3n) is 2.06. The Labute approximate surface area is 106 Å². The lowest BCUT2D eigenvalue weighted by Gasteiger charge is -2.01. The number of rotatable bonds is 3. The molecule has 2 rings (SSSR count). The highest BCUT2D eigenvalue weighted by molar-refractivity contribution is 9.10. The van der Waals surface area contributed by atoms with Crippen molar-refractivity contribution in [2.24, 2.45) is 5.73 Å². The summed E-state index contributed by atoms with van der Waals surface area (Å²) in [6.07, 6.45) is 1.60. The van der Waals surface area contributed by atoms with E-state index in [1.807, 2.05) is 0 Å². The summed E-state index contributed by atoms with van der Waals surface area (Å²) in [7, 11) is 0. The average molecular weight is 296 g/mol. The fourth-order valence-corrected chi connectivity index (χ4v) is 1.47. The molecule has 2 aromatic rings. The zero-order chi connectivity index (χ0) is 12.3. The van der Waals surface area contributed by atoms with Gasteiger partial charge in [-0.15, -0.1) is 0 Å². The minimum atomic E-state index is -0.348. The zero-order valence-electron chi connectivity index (χ0n) is 8.81. The Balaban J connectivity index is 2.08. The van der Waals surface area contributed by atoms with Crippen LogP contribution in [0, 0.1) is 0 Å². The zero-order valence-corrected chi connectivity index (χ0v) is 10.4. The van der Waals surface area contributed by atoms with Crippen molar-refractivity contribution in [3.05, 3.63) is 46.5 Å². The number of carbonyl (C=O) groups is 1. The number of halogens is 1. The molecule has 88 valence electrons. The highest BCUT2D eigenvalue weighted by Crippen LogP contribution is 2.13. The summed E-state index contributed by atoms with van der Waals surface area (Å²) in [5.41, 5.74) is 5.39. The van der Waals surface area contributed by atoms with Crippen molar-refractivity contribution < 1.29 is 9.21 Å². The third-order valence-corrected chi connectivity index (χ3v) is 2.52. The van der Waals surface area contributed by atoms with Crippen LogP contribution in [0.5, 0.6) is 0 Å². The number of aromatic nitrogens is 1. The Morgan fingerprint density at radius 3 is 2.82 bits per heavy atom. The van der Waals surface area contributed by atoms with Gasteiger partial charge in [-0.3, -0.25) is 4.79 Å². The molecule has 2 heterocycles. The molecule has 0 bridgehead atoms. The number of hydrogen-bond acceptors (Lipinski definition) is 4. The summed E-state index contributed by atoms with van der Waals surface area (Å²) in [6, 6.07) is 6.73. The van der Waals surface area contributed by atoms with Gasteiger partial charge in [-0.25, -0.2) is 4.98 Å². The Kier molecular flexibility index (Phi) is 3.55. The quantitative estimate of drug-likeness (QED) is 0.909. The Bertz CT molecular complexity index is 522. The van der Waals surface area contributed by atoms with Crippen LogP contribution in [-0.4, -0.2) is 10.9 Å². The predicted octanol–water partition coefficient (Wildman–Crippen LogP) is 2.15. The van der Waals surface area contributed by atoms with Gasteiger partial charge in [0.2, 0.25) is 0 Å². The lowest BCUT2D eigenvalue weighted by molar-refractivity contribution is 0.0994. The average Bonchev–Trinajstić information content (AvgIpc) is 2.81. The number of nitrogens with one attached hydrogen (secondary N) is 1. The summed E-state index contributed by atoms with van der Waals surface area (Å²) in [6.45, 7) is 0.268. The summed E-state index contributed by atoms with van der Waals surface area (Å²) < 4.78 is 6.06. The van der Waals surface area contributed by atoms with Crippen LogP contribution < -0.4 is 11.1 Å². The number of carbonyl (C=O) groups excluding carboxylic acids is 1. The van der Waals surface area contributed by atoms with E-state index in [1.54, 1.807) is 30.5 Å². The lowest BCUT2D eigenvalue weighted by Crippen LogP contribution is -2.11. The van der Waals surface area contributed by atoms with E-state index in [2.05, 4.69) is 26.2 Å². The maximum absolute atomic E-state index is 11.7. The van der Waals surface area contributed by atoms with Crippen molar-refractivity contribution in [2.75, 3.05) is 5.32 Å². The fraction of sp³-hybridized carbons (Fsp3) is 0.0909. The Morgan fingerprint density at radius 1 is 1.41 bits per heavy atom. The molecule has 1 amide bonds. The van der Waals surface area contributed by atoms with Crippen LogP contribution in [0.15, 0.2) is 39.4 Å². The number of nitrogens with zero attached hydrogens (tertiary/aromatic N) is 1. The van der Waals surface area contributed by atoms with Crippen LogP contribution in [0.1, 0.15) is 16.3 Å². The van der Waals surface area contributed by atoms with Crippen molar-refractivity contribution in [3.63, 3.8) is 0 Å². The maximum atomic E-state index is 11.7. The standard InChI is InChI=1S/C11H10BrN3O2/c12-7-1-4-10(14-6-7)15-11(16)9-3-2-8(5-13)17-9/h1-4,6H,5,13H2,(H,14,15,16). The highest BCUT2D eigenvalue weighted by Gasteiger charge is 2.11. The first-order chi connectivity index (χ1) is 8.19. The van der Waals surface area contributed by atoms with Crippen LogP contribution in [0.25, 0.3) is 0 Å². The lowest BCUT2D eigenvalue weighted by atomic mass is 10.4. The number of nitrogens with two attached hydrogens (primary N) is 1. The summed E-state index contributed by atoms with van der Waals surface area (Å²) in [5, 5.41) is 2.62. The molecule has 17 heavy (non-hydrogen) atoms. The van der Waals surface area contributed by atoms with Crippen LogP contribution in [-0.2, 0) is 6.54 Å². The molecule has 0 saturated heterocycles. The SMILES string of the molecule is NCc1ccc(C(=O)Nc2ccc(Br)cn2)o1. The molecule has 3 N–H and O–H groups in total. The molecule has 0 aliphatic carbocycles. The van der Waals surface area contributed by atoms with Crippen molar-refractivity contribution in [3.8, 4) is 0 Å². The largest absolute Gasteiger partial charge is 0.455 e. The van der Waals surface area contributed by atoms with E-state index in [4.69, 9.17) is 10.2 Å². The molecule has 0 unspecified atom stereocenters. The molecule has 0 saturated carbocycles. The molecule has 0 atom stereocenters. The van der Waals surface area contributed by atoms with Crippen molar-refractivity contribution in [1.82, 2.24) is 4.98 Å². The van der Waals surface area contributed by atoms with Crippen molar-refractivity contribution in [1.29, 1.82) is 0 Å². The van der Waals surface area contributed by atoms with Gasteiger partial charge in [-0.05, 0) is 40.2 Å². The van der Waals surface area contributed by atoms with Crippen LogP contribution in [0.4, 0.5) is 5.82 Å². The number of pyridine rings is 1. The number of furan rings is 1. The number of amides is 1. The predicted molar refractivity (Wildman–Crippen MR) is 66.5 cm³/mol. The van der Waals surface area contributed by atoms with Crippen LogP contribution >= 0.6 is 15.9 Å². The normalized spacial score (nSPS) is 10.2. The van der Waals surface area contributed by atoms with Crippen LogP contribution in [0.2, 0.25) is 0 Å². The Morgan fingerprint density at radius 2 is 2.24 bits per heavy atom. The minimum Gasteiger partial charge on any atom is -0.455 e. The molecule has 0 spiro atoms. The highest BCUT2D eigenvalue weighted by atomic mass is 79.9. The number of anilines is 1. The van der Waals surface area contributed by atoms with E-state index in [-0.39, 0.29) is 18.2 Å². The third kappa shape index (κ3) is 2.92. The van der Waals surface area contributed by atoms with Gasteiger partial charge >= 0.3 is 0 Å². The topological polar surface area (TPSA) is 81.2 Å². The van der Waals surface area contributed by atoms with Gasteiger partial charge in [0.25, 0.3) is 5.91 Å². The van der Waals surface area contributed by atoms with Gasteiger partial charge in [-0.2, -0.15) is 0 Å².